The van der Waals surface area contributed by atoms with Gasteiger partial charge in [-0.25, -0.2) is 4.39 Å². The summed E-state index contributed by atoms with van der Waals surface area (Å²) in [7, 11) is 0. The Balaban J connectivity index is 2.37. The first-order valence-corrected chi connectivity index (χ1v) is 7.65. The van der Waals surface area contributed by atoms with Gasteiger partial charge in [0.25, 0.3) is 0 Å². The molecule has 1 aromatic carbocycles. The van der Waals surface area contributed by atoms with E-state index in [9.17, 15) is 14.0 Å². The minimum Gasteiger partial charge on any atom is -0.343 e. The van der Waals surface area contributed by atoms with Crippen molar-refractivity contribution in [1.29, 1.82) is 0 Å². The molecule has 0 radical (unpaired) electrons. The van der Waals surface area contributed by atoms with Crippen molar-refractivity contribution in [3.05, 3.63) is 34.1 Å². The third-order valence-corrected chi connectivity index (χ3v) is 4.84. The molecule has 2 rings (SSSR count). The van der Waals surface area contributed by atoms with E-state index >= 15 is 0 Å². The number of amides is 2. The largest absolute Gasteiger partial charge is 0.343 e. The summed E-state index contributed by atoms with van der Waals surface area (Å²) in [5.41, 5.74) is -0.122. The second kappa shape index (κ2) is 5.75. The van der Waals surface area contributed by atoms with Crippen LogP contribution in [0.5, 0.6) is 0 Å². The van der Waals surface area contributed by atoms with Gasteiger partial charge in [0, 0.05) is 11.0 Å². The Morgan fingerprint density at radius 2 is 2.10 bits per heavy atom. The summed E-state index contributed by atoms with van der Waals surface area (Å²) in [6.45, 7) is 5.56. The summed E-state index contributed by atoms with van der Waals surface area (Å²) in [6, 6.07) is 3.79. The Bertz CT molecular complexity index is 593. The molecule has 1 N–H and O–H groups in total. The van der Waals surface area contributed by atoms with Crippen molar-refractivity contribution < 1.29 is 14.0 Å². The maximum absolute atomic E-state index is 13.2. The molecular weight excluding hydrogens is 339 g/mol. The molecule has 2 amide bonds. The highest BCUT2D eigenvalue weighted by Gasteiger charge is 2.46. The van der Waals surface area contributed by atoms with Crippen molar-refractivity contribution in [2.24, 2.45) is 0 Å². The van der Waals surface area contributed by atoms with E-state index in [0.717, 1.165) is 5.56 Å². The second-order valence-corrected chi connectivity index (χ2v) is 6.34. The number of carbonyl (C=O) groups excluding carboxylic acids is 2. The standard InChI is InChI=1S/C15H18BrFN2O2/c1-4-15(3)14(21)18-9(2)13(20)19(15)8-10-5-6-11(17)7-12(10)16/h5-7,9H,4,8H2,1-3H3,(H,18,21). The fourth-order valence-corrected chi connectivity index (χ4v) is 2.91. The topological polar surface area (TPSA) is 49.4 Å². The fraction of sp³-hybridized carbons (Fsp3) is 0.467. The molecule has 0 aliphatic carbocycles. The van der Waals surface area contributed by atoms with E-state index in [0.29, 0.717) is 10.9 Å². The minimum atomic E-state index is -0.891. The van der Waals surface area contributed by atoms with Crippen LogP contribution in [-0.2, 0) is 16.1 Å². The van der Waals surface area contributed by atoms with Crippen LogP contribution in [0.4, 0.5) is 4.39 Å². The van der Waals surface area contributed by atoms with Crippen molar-refractivity contribution in [1.82, 2.24) is 10.2 Å². The first-order valence-electron chi connectivity index (χ1n) is 6.86. The number of benzene rings is 1. The molecule has 0 saturated carbocycles. The van der Waals surface area contributed by atoms with E-state index in [1.807, 2.05) is 6.92 Å². The van der Waals surface area contributed by atoms with Gasteiger partial charge in [-0.1, -0.05) is 28.9 Å². The van der Waals surface area contributed by atoms with Crippen LogP contribution in [0.3, 0.4) is 0 Å². The van der Waals surface area contributed by atoms with E-state index < -0.39 is 11.6 Å². The van der Waals surface area contributed by atoms with Gasteiger partial charge in [-0.15, -0.1) is 0 Å². The van der Waals surface area contributed by atoms with Crippen molar-refractivity contribution in [3.8, 4) is 0 Å². The molecule has 1 aromatic rings. The average Bonchev–Trinajstić information content (AvgIpc) is 2.43. The molecule has 0 aromatic heterocycles. The van der Waals surface area contributed by atoms with Crippen LogP contribution in [0, 0.1) is 5.82 Å². The molecular formula is C15H18BrFN2O2. The maximum Gasteiger partial charge on any atom is 0.246 e. The fourth-order valence-electron chi connectivity index (χ4n) is 2.44. The third-order valence-electron chi connectivity index (χ3n) is 4.10. The molecule has 2 atom stereocenters. The smallest absolute Gasteiger partial charge is 0.246 e. The number of halogens is 2. The van der Waals surface area contributed by atoms with Crippen LogP contribution in [-0.4, -0.2) is 28.3 Å². The molecule has 4 nitrogen and oxygen atoms in total. The van der Waals surface area contributed by atoms with Gasteiger partial charge in [-0.05, 0) is 38.0 Å². The number of piperazine rings is 1. The lowest BCUT2D eigenvalue weighted by molar-refractivity contribution is -0.157. The van der Waals surface area contributed by atoms with Gasteiger partial charge in [0.15, 0.2) is 0 Å². The molecule has 21 heavy (non-hydrogen) atoms. The van der Waals surface area contributed by atoms with Crippen LogP contribution >= 0.6 is 15.9 Å². The summed E-state index contributed by atoms with van der Waals surface area (Å²) in [5, 5.41) is 2.71. The Morgan fingerprint density at radius 1 is 1.43 bits per heavy atom. The molecule has 114 valence electrons. The average molecular weight is 357 g/mol. The van der Waals surface area contributed by atoms with Crippen molar-refractivity contribution in [2.75, 3.05) is 0 Å². The lowest BCUT2D eigenvalue weighted by Gasteiger charge is -2.45. The van der Waals surface area contributed by atoms with E-state index in [1.165, 1.54) is 12.1 Å². The molecule has 1 fully saturated rings. The zero-order valence-electron chi connectivity index (χ0n) is 12.2. The van der Waals surface area contributed by atoms with E-state index in [-0.39, 0.29) is 24.2 Å². The van der Waals surface area contributed by atoms with Gasteiger partial charge in [0.2, 0.25) is 11.8 Å². The molecule has 1 aliphatic heterocycles. The van der Waals surface area contributed by atoms with Crippen LogP contribution in [0.2, 0.25) is 0 Å². The first-order chi connectivity index (χ1) is 9.79. The maximum atomic E-state index is 13.2. The van der Waals surface area contributed by atoms with Gasteiger partial charge in [0.05, 0.1) is 0 Å². The molecule has 2 unspecified atom stereocenters. The number of nitrogens with one attached hydrogen (secondary N) is 1. The Morgan fingerprint density at radius 3 is 2.67 bits per heavy atom. The number of hydrogen-bond donors (Lipinski definition) is 1. The van der Waals surface area contributed by atoms with Gasteiger partial charge >= 0.3 is 0 Å². The normalized spacial score (nSPS) is 26.0. The highest BCUT2D eigenvalue weighted by Crippen LogP contribution is 2.29. The van der Waals surface area contributed by atoms with Gasteiger partial charge in [0.1, 0.15) is 17.4 Å². The summed E-state index contributed by atoms with van der Waals surface area (Å²) >= 11 is 3.31. The van der Waals surface area contributed by atoms with Crippen LogP contribution in [0.15, 0.2) is 22.7 Å². The van der Waals surface area contributed by atoms with E-state index in [4.69, 9.17) is 0 Å². The lowest BCUT2D eigenvalue weighted by atomic mass is 9.90. The van der Waals surface area contributed by atoms with Crippen LogP contribution in [0.1, 0.15) is 32.8 Å². The number of rotatable bonds is 3. The summed E-state index contributed by atoms with van der Waals surface area (Å²) in [4.78, 5) is 26.3. The molecule has 6 heteroatoms. The second-order valence-electron chi connectivity index (χ2n) is 5.48. The zero-order chi connectivity index (χ0) is 15.8. The monoisotopic (exact) mass is 356 g/mol. The Kier molecular flexibility index (Phi) is 4.37. The lowest BCUT2D eigenvalue weighted by Crippen LogP contribution is -2.68. The number of hydrogen-bond acceptors (Lipinski definition) is 2. The number of nitrogens with zero attached hydrogens (tertiary/aromatic N) is 1. The highest BCUT2D eigenvalue weighted by atomic mass is 79.9. The quantitative estimate of drug-likeness (QED) is 0.904. The summed E-state index contributed by atoms with van der Waals surface area (Å²) in [6.07, 6.45) is 0.510. The molecule has 0 bridgehead atoms. The predicted octanol–water partition coefficient (Wildman–Crippen LogP) is 2.60. The SMILES string of the molecule is CCC1(C)C(=O)NC(C)C(=O)N1Cc1ccc(F)cc1Br. The van der Waals surface area contributed by atoms with Crippen molar-refractivity contribution >= 4 is 27.7 Å². The zero-order valence-corrected chi connectivity index (χ0v) is 13.8. The van der Waals surface area contributed by atoms with E-state index in [2.05, 4.69) is 21.2 Å². The van der Waals surface area contributed by atoms with E-state index in [1.54, 1.807) is 24.8 Å². The third kappa shape index (κ3) is 2.81. The van der Waals surface area contributed by atoms with Crippen molar-refractivity contribution in [2.45, 2.75) is 45.3 Å². The summed E-state index contributed by atoms with van der Waals surface area (Å²) < 4.78 is 13.8. The molecule has 1 saturated heterocycles. The Hall–Kier alpha value is -1.43. The number of carbonyl (C=O) groups is 2. The minimum absolute atomic E-state index is 0.129. The van der Waals surface area contributed by atoms with Crippen molar-refractivity contribution in [3.63, 3.8) is 0 Å². The van der Waals surface area contributed by atoms with Gasteiger partial charge in [-0.2, -0.15) is 0 Å². The molecule has 0 spiro atoms. The highest BCUT2D eigenvalue weighted by molar-refractivity contribution is 9.10. The first kappa shape index (κ1) is 15.9. The van der Waals surface area contributed by atoms with Gasteiger partial charge in [-0.3, -0.25) is 9.59 Å². The Labute approximate surface area is 131 Å². The molecule has 1 aliphatic rings. The predicted molar refractivity (Wildman–Crippen MR) is 81.0 cm³/mol. The summed E-state index contributed by atoms with van der Waals surface area (Å²) in [5.74, 6) is -0.634. The molecule has 1 heterocycles. The van der Waals surface area contributed by atoms with Crippen LogP contribution < -0.4 is 5.32 Å². The van der Waals surface area contributed by atoms with Gasteiger partial charge < -0.3 is 10.2 Å². The van der Waals surface area contributed by atoms with Crippen LogP contribution in [0.25, 0.3) is 0 Å².